The number of hydrogen-bond donors (Lipinski definition) is 1. The molecule has 0 aromatic heterocycles. The molecule has 0 amide bonds. The van der Waals surface area contributed by atoms with Crippen molar-refractivity contribution in [2.45, 2.75) is 70.4 Å². The molecule has 0 aromatic rings. The summed E-state index contributed by atoms with van der Waals surface area (Å²) in [7, 11) is -3.32. The van der Waals surface area contributed by atoms with E-state index in [2.05, 4.69) is 0 Å². The van der Waals surface area contributed by atoms with Gasteiger partial charge in [-0.25, -0.2) is 0 Å². The lowest BCUT2D eigenvalue weighted by Gasteiger charge is -2.38. The first-order chi connectivity index (χ1) is 9.57. The molecule has 20 heavy (non-hydrogen) atoms. The molecule has 1 atom stereocenters. The molecule has 0 radical (unpaired) electrons. The third-order valence-electron chi connectivity index (χ3n) is 4.65. The molecule has 2 aliphatic rings. The highest BCUT2D eigenvalue weighted by Gasteiger charge is 2.38. The van der Waals surface area contributed by atoms with Crippen molar-refractivity contribution in [2.75, 3.05) is 19.6 Å². The van der Waals surface area contributed by atoms with E-state index in [0.29, 0.717) is 19.6 Å². The molecule has 2 rings (SSSR count). The van der Waals surface area contributed by atoms with Crippen molar-refractivity contribution in [3.05, 3.63) is 0 Å². The largest absolute Gasteiger partial charge is 0.330 e. The first-order valence-corrected chi connectivity index (χ1v) is 9.45. The van der Waals surface area contributed by atoms with Gasteiger partial charge in [-0.05, 0) is 45.6 Å². The minimum Gasteiger partial charge on any atom is -0.330 e. The highest BCUT2D eigenvalue weighted by Crippen LogP contribution is 2.29. The molecule has 2 fully saturated rings. The lowest BCUT2D eigenvalue weighted by atomic mass is 10.1. The third kappa shape index (κ3) is 3.53. The Morgan fingerprint density at radius 1 is 1.15 bits per heavy atom. The number of piperidine rings is 1. The number of nitrogens with zero attached hydrogens (tertiary/aromatic N) is 2. The van der Waals surface area contributed by atoms with Gasteiger partial charge in [0.15, 0.2) is 0 Å². The van der Waals surface area contributed by atoms with Crippen LogP contribution in [0.15, 0.2) is 0 Å². The molecule has 5 nitrogen and oxygen atoms in total. The Bertz CT molecular complexity index is 393. The van der Waals surface area contributed by atoms with Crippen LogP contribution in [0.5, 0.6) is 0 Å². The Morgan fingerprint density at radius 3 is 2.40 bits per heavy atom. The molecule has 6 heteroatoms. The van der Waals surface area contributed by atoms with Gasteiger partial charge in [-0.2, -0.15) is 17.0 Å². The van der Waals surface area contributed by atoms with Crippen molar-refractivity contribution in [3.8, 4) is 0 Å². The van der Waals surface area contributed by atoms with Crippen LogP contribution in [0.3, 0.4) is 0 Å². The van der Waals surface area contributed by atoms with E-state index >= 15 is 0 Å². The molecular formula is C14H29N3O2S. The molecule has 1 aliphatic carbocycles. The van der Waals surface area contributed by atoms with Crippen molar-refractivity contribution in [1.82, 2.24) is 8.61 Å². The van der Waals surface area contributed by atoms with Crippen LogP contribution >= 0.6 is 0 Å². The molecule has 1 aliphatic heterocycles. The fourth-order valence-corrected chi connectivity index (χ4v) is 5.61. The molecule has 1 saturated carbocycles. The van der Waals surface area contributed by atoms with Crippen molar-refractivity contribution in [1.29, 1.82) is 0 Å². The third-order valence-corrected chi connectivity index (χ3v) is 6.86. The van der Waals surface area contributed by atoms with E-state index in [9.17, 15) is 8.42 Å². The zero-order chi connectivity index (χ0) is 14.6. The predicted molar refractivity (Wildman–Crippen MR) is 81.6 cm³/mol. The predicted octanol–water partition coefficient (Wildman–Crippen LogP) is 1.70. The minimum atomic E-state index is -3.32. The maximum absolute atomic E-state index is 13.0. The highest BCUT2D eigenvalue weighted by atomic mass is 32.2. The Balaban J connectivity index is 2.15. The van der Waals surface area contributed by atoms with E-state index < -0.39 is 10.2 Å². The monoisotopic (exact) mass is 303 g/mol. The van der Waals surface area contributed by atoms with Crippen LogP contribution in [0.1, 0.15) is 58.3 Å². The Morgan fingerprint density at radius 2 is 1.80 bits per heavy atom. The summed E-state index contributed by atoms with van der Waals surface area (Å²) in [4.78, 5) is 0. The number of nitrogens with two attached hydrogens (primary N) is 1. The molecule has 1 heterocycles. The number of hydrogen-bond acceptors (Lipinski definition) is 3. The molecule has 0 spiro atoms. The lowest BCUT2D eigenvalue weighted by molar-refractivity contribution is 0.226. The maximum atomic E-state index is 13.0. The summed E-state index contributed by atoms with van der Waals surface area (Å²) in [6.45, 7) is 3.84. The normalized spacial score (nSPS) is 26.4. The van der Waals surface area contributed by atoms with Gasteiger partial charge in [0.25, 0.3) is 10.2 Å². The van der Waals surface area contributed by atoms with Gasteiger partial charge in [0.2, 0.25) is 0 Å². The summed E-state index contributed by atoms with van der Waals surface area (Å²) in [6, 6.07) is 0.330. The maximum Gasteiger partial charge on any atom is 0.282 e. The van der Waals surface area contributed by atoms with Gasteiger partial charge in [-0.3, -0.25) is 0 Å². The number of rotatable bonds is 6. The van der Waals surface area contributed by atoms with Gasteiger partial charge in [0, 0.05) is 25.2 Å². The van der Waals surface area contributed by atoms with E-state index in [-0.39, 0.29) is 12.1 Å². The van der Waals surface area contributed by atoms with E-state index in [0.717, 1.165) is 51.4 Å². The van der Waals surface area contributed by atoms with Crippen molar-refractivity contribution in [3.63, 3.8) is 0 Å². The summed E-state index contributed by atoms with van der Waals surface area (Å²) in [5, 5.41) is 0. The average molecular weight is 303 g/mol. The van der Waals surface area contributed by atoms with Gasteiger partial charge in [0.05, 0.1) is 0 Å². The van der Waals surface area contributed by atoms with E-state index in [1.54, 1.807) is 8.61 Å². The quantitative estimate of drug-likeness (QED) is 0.812. The van der Waals surface area contributed by atoms with Gasteiger partial charge in [-0.15, -0.1) is 0 Å². The van der Waals surface area contributed by atoms with Crippen molar-refractivity contribution >= 4 is 10.2 Å². The smallest absolute Gasteiger partial charge is 0.282 e. The summed E-state index contributed by atoms with van der Waals surface area (Å²) < 4.78 is 29.5. The summed E-state index contributed by atoms with van der Waals surface area (Å²) in [6.07, 6.45) is 8.16. The molecular weight excluding hydrogens is 274 g/mol. The summed E-state index contributed by atoms with van der Waals surface area (Å²) in [5.41, 5.74) is 5.59. The van der Waals surface area contributed by atoms with Crippen LogP contribution in [0.4, 0.5) is 0 Å². The zero-order valence-corrected chi connectivity index (χ0v) is 13.4. The lowest BCUT2D eigenvalue weighted by Crippen LogP contribution is -2.52. The fraction of sp³-hybridized carbons (Fsp3) is 1.00. The minimum absolute atomic E-state index is 0.135. The Labute approximate surface area is 123 Å². The standard InChI is InChI=1S/C14H29N3O2S/c1-13-7-4-5-11-16(13)20(18,19)17(12-6-10-15)14-8-2-3-9-14/h13-14H,2-12,15H2,1H3. The fourth-order valence-electron chi connectivity index (χ4n) is 3.47. The van der Waals surface area contributed by atoms with Crippen LogP contribution in [-0.2, 0) is 10.2 Å². The first kappa shape index (κ1) is 16.2. The zero-order valence-electron chi connectivity index (χ0n) is 12.6. The van der Waals surface area contributed by atoms with Crippen LogP contribution in [0, 0.1) is 0 Å². The van der Waals surface area contributed by atoms with Crippen LogP contribution in [-0.4, -0.2) is 48.7 Å². The average Bonchev–Trinajstić information content (AvgIpc) is 2.93. The molecule has 2 N–H and O–H groups in total. The second kappa shape index (κ2) is 7.20. The molecule has 1 saturated heterocycles. The topological polar surface area (TPSA) is 66.6 Å². The second-order valence-corrected chi connectivity index (χ2v) is 7.99. The highest BCUT2D eigenvalue weighted by molar-refractivity contribution is 7.86. The molecule has 118 valence electrons. The van der Waals surface area contributed by atoms with Gasteiger partial charge in [0.1, 0.15) is 0 Å². The van der Waals surface area contributed by atoms with Crippen molar-refractivity contribution < 1.29 is 8.42 Å². The molecule has 0 aromatic carbocycles. The van der Waals surface area contributed by atoms with E-state index in [4.69, 9.17) is 5.73 Å². The summed E-state index contributed by atoms with van der Waals surface area (Å²) in [5.74, 6) is 0. The molecule has 1 unspecified atom stereocenters. The second-order valence-electron chi connectivity index (χ2n) is 6.15. The Kier molecular flexibility index (Phi) is 5.84. The van der Waals surface area contributed by atoms with Gasteiger partial charge >= 0.3 is 0 Å². The van der Waals surface area contributed by atoms with Crippen LogP contribution in [0.2, 0.25) is 0 Å². The van der Waals surface area contributed by atoms with Gasteiger partial charge < -0.3 is 5.73 Å². The van der Waals surface area contributed by atoms with E-state index in [1.165, 1.54) is 0 Å². The Hall–Kier alpha value is -0.170. The first-order valence-electron chi connectivity index (χ1n) is 8.06. The summed E-state index contributed by atoms with van der Waals surface area (Å²) >= 11 is 0. The molecule has 0 bridgehead atoms. The van der Waals surface area contributed by atoms with Crippen molar-refractivity contribution in [2.24, 2.45) is 5.73 Å². The van der Waals surface area contributed by atoms with Crippen LogP contribution in [0.25, 0.3) is 0 Å². The van der Waals surface area contributed by atoms with Gasteiger partial charge in [-0.1, -0.05) is 19.3 Å². The van der Waals surface area contributed by atoms with E-state index in [1.807, 2.05) is 6.92 Å². The van der Waals surface area contributed by atoms with Crippen LogP contribution < -0.4 is 5.73 Å². The SMILES string of the molecule is CC1CCCCN1S(=O)(=O)N(CCCN)C1CCCC1.